The average molecular weight is 258 g/mol. The lowest BCUT2D eigenvalue weighted by atomic mass is 9.73. The smallest absolute Gasteiger partial charge is 0.324 e. The van der Waals surface area contributed by atoms with E-state index in [0.29, 0.717) is 18.4 Å². The summed E-state index contributed by atoms with van der Waals surface area (Å²) in [4.78, 5) is 3.93. The monoisotopic (exact) mass is 258 g/mol. The van der Waals surface area contributed by atoms with Gasteiger partial charge >= 0.3 is 6.18 Å². The van der Waals surface area contributed by atoms with Gasteiger partial charge in [0.2, 0.25) is 0 Å². The summed E-state index contributed by atoms with van der Waals surface area (Å²) in [5.41, 5.74) is 6.71. The highest BCUT2D eigenvalue weighted by atomic mass is 19.4. The number of aromatic nitrogens is 1. The Morgan fingerprint density at radius 2 is 2.00 bits per heavy atom. The Hall–Kier alpha value is -1.10. The summed E-state index contributed by atoms with van der Waals surface area (Å²) >= 11 is 0. The lowest BCUT2D eigenvalue weighted by Crippen LogP contribution is -2.38. The second-order valence-corrected chi connectivity index (χ2v) is 4.91. The normalized spacial score (nSPS) is 26.9. The minimum absolute atomic E-state index is 0.197. The molecule has 1 heterocycles. The van der Waals surface area contributed by atoms with Crippen LogP contribution in [-0.2, 0) is 0 Å². The lowest BCUT2D eigenvalue weighted by molar-refractivity contribution is -0.198. The van der Waals surface area contributed by atoms with Gasteiger partial charge in [-0.15, -0.1) is 0 Å². The first-order valence-electron chi connectivity index (χ1n) is 6.22. The molecule has 1 aliphatic carbocycles. The van der Waals surface area contributed by atoms with Crippen LogP contribution in [-0.4, -0.2) is 11.2 Å². The van der Waals surface area contributed by atoms with Crippen LogP contribution in [0.2, 0.25) is 0 Å². The third-order valence-corrected chi connectivity index (χ3v) is 3.77. The fraction of sp³-hybridized carbons (Fsp3) is 0.615. The summed E-state index contributed by atoms with van der Waals surface area (Å²) in [6.07, 6.45) is 1.21. The average Bonchev–Trinajstić information content (AvgIpc) is 2.38. The van der Waals surface area contributed by atoms with Crippen LogP contribution in [0.1, 0.15) is 37.3 Å². The maximum Gasteiger partial charge on any atom is 0.392 e. The predicted octanol–water partition coefficient (Wildman–Crippen LogP) is 3.45. The van der Waals surface area contributed by atoms with E-state index in [0.717, 1.165) is 6.42 Å². The minimum Gasteiger partial charge on any atom is -0.324 e. The second kappa shape index (κ2) is 5.26. The Labute approximate surface area is 104 Å². The molecule has 1 aliphatic rings. The number of hydrogen-bond acceptors (Lipinski definition) is 2. The van der Waals surface area contributed by atoms with Crippen molar-refractivity contribution in [3.8, 4) is 0 Å². The molecule has 18 heavy (non-hydrogen) atoms. The van der Waals surface area contributed by atoms with E-state index in [9.17, 15) is 13.2 Å². The van der Waals surface area contributed by atoms with E-state index in [4.69, 9.17) is 5.73 Å². The zero-order valence-corrected chi connectivity index (χ0v) is 10.0. The summed E-state index contributed by atoms with van der Waals surface area (Å²) in [6.45, 7) is 0. The van der Waals surface area contributed by atoms with Crippen LogP contribution in [0.5, 0.6) is 0 Å². The van der Waals surface area contributed by atoms with E-state index in [2.05, 4.69) is 4.98 Å². The van der Waals surface area contributed by atoms with Gasteiger partial charge in [-0.1, -0.05) is 18.9 Å². The number of halogens is 3. The first kappa shape index (κ1) is 13.3. The maximum absolute atomic E-state index is 13.0. The molecule has 0 spiro atoms. The van der Waals surface area contributed by atoms with Crippen molar-refractivity contribution in [3.63, 3.8) is 0 Å². The van der Waals surface area contributed by atoms with Gasteiger partial charge in [0, 0.05) is 18.4 Å². The third kappa shape index (κ3) is 2.83. The van der Waals surface area contributed by atoms with Gasteiger partial charge < -0.3 is 5.73 Å². The highest BCUT2D eigenvalue weighted by Crippen LogP contribution is 2.45. The SMILES string of the molecule is NC(c1cccnc1)C1CCCCC1C(F)(F)F. The molecule has 5 heteroatoms. The molecule has 1 aromatic rings. The predicted molar refractivity (Wildman–Crippen MR) is 62.7 cm³/mol. The van der Waals surface area contributed by atoms with E-state index in [1.54, 1.807) is 24.5 Å². The standard InChI is InChI=1S/C13H17F3N2/c14-13(15,16)11-6-2-1-5-10(11)12(17)9-4-3-7-18-8-9/h3-4,7-8,10-12H,1-2,5-6,17H2. The van der Waals surface area contributed by atoms with Gasteiger partial charge in [-0.3, -0.25) is 4.98 Å². The minimum atomic E-state index is -4.15. The molecular formula is C13H17F3N2. The number of nitrogens with two attached hydrogens (primary N) is 1. The van der Waals surface area contributed by atoms with Crippen molar-refractivity contribution in [2.75, 3.05) is 0 Å². The molecular weight excluding hydrogens is 241 g/mol. The fourth-order valence-electron chi connectivity index (χ4n) is 2.82. The molecule has 1 aromatic heterocycles. The Morgan fingerprint density at radius 1 is 1.28 bits per heavy atom. The van der Waals surface area contributed by atoms with Crippen LogP contribution in [0, 0.1) is 11.8 Å². The van der Waals surface area contributed by atoms with Crippen LogP contribution in [0.3, 0.4) is 0 Å². The van der Waals surface area contributed by atoms with Gasteiger partial charge in [0.05, 0.1) is 5.92 Å². The number of nitrogens with zero attached hydrogens (tertiary/aromatic N) is 1. The molecule has 2 rings (SSSR count). The number of hydrogen-bond donors (Lipinski definition) is 1. The number of alkyl halides is 3. The first-order chi connectivity index (χ1) is 8.50. The van der Waals surface area contributed by atoms with Gasteiger partial charge in [0.15, 0.2) is 0 Å². The zero-order valence-electron chi connectivity index (χ0n) is 10.0. The zero-order chi connectivity index (χ0) is 13.2. The molecule has 0 bridgehead atoms. The van der Waals surface area contributed by atoms with Crippen molar-refractivity contribution >= 4 is 0 Å². The van der Waals surface area contributed by atoms with Gasteiger partial charge in [-0.2, -0.15) is 13.2 Å². The van der Waals surface area contributed by atoms with Crippen molar-refractivity contribution < 1.29 is 13.2 Å². The molecule has 100 valence electrons. The van der Waals surface area contributed by atoms with E-state index in [-0.39, 0.29) is 6.42 Å². The topological polar surface area (TPSA) is 38.9 Å². The summed E-state index contributed by atoms with van der Waals surface area (Å²) in [5, 5.41) is 0. The van der Waals surface area contributed by atoms with Crippen LogP contribution >= 0.6 is 0 Å². The molecule has 0 aromatic carbocycles. The quantitative estimate of drug-likeness (QED) is 0.882. The molecule has 2 N–H and O–H groups in total. The van der Waals surface area contributed by atoms with Crippen LogP contribution in [0.25, 0.3) is 0 Å². The van der Waals surface area contributed by atoms with Crippen molar-refractivity contribution in [1.82, 2.24) is 4.98 Å². The molecule has 1 saturated carbocycles. The molecule has 1 fully saturated rings. The Bertz CT molecular complexity index is 378. The maximum atomic E-state index is 13.0. The molecule has 0 radical (unpaired) electrons. The van der Waals surface area contributed by atoms with Crippen LogP contribution < -0.4 is 5.73 Å². The Kier molecular flexibility index (Phi) is 3.90. The first-order valence-corrected chi connectivity index (χ1v) is 6.22. The Balaban J connectivity index is 2.19. The highest BCUT2D eigenvalue weighted by molar-refractivity contribution is 5.15. The van der Waals surface area contributed by atoms with Crippen molar-refractivity contribution in [2.24, 2.45) is 17.6 Å². The summed E-state index contributed by atoms with van der Waals surface area (Å²) in [6, 6.07) is 2.88. The van der Waals surface area contributed by atoms with E-state index >= 15 is 0 Å². The molecule has 2 nitrogen and oxygen atoms in total. The summed E-state index contributed by atoms with van der Waals surface area (Å²) < 4.78 is 39.0. The van der Waals surface area contributed by atoms with Gasteiger partial charge in [0.25, 0.3) is 0 Å². The second-order valence-electron chi connectivity index (χ2n) is 4.91. The van der Waals surface area contributed by atoms with Crippen LogP contribution in [0.15, 0.2) is 24.5 Å². The van der Waals surface area contributed by atoms with Crippen molar-refractivity contribution in [2.45, 2.75) is 37.9 Å². The number of pyridine rings is 1. The molecule has 0 saturated heterocycles. The van der Waals surface area contributed by atoms with E-state index in [1.165, 1.54) is 0 Å². The van der Waals surface area contributed by atoms with Crippen molar-refractivity contribution in [1.29, 1.82) is 0 Å². The van der Waals surface area contributed by atoms with Crippen LogP contribution in [0.4, 0.5) is 13.2 Å². The van der Waals surface area contributed by atoms with Gasteiger partial charge in [-0.25, -0.2) is 0 Å². The molecule has 0 aliphatic heterocycles. The third-order valence-electron chi connectivity index (χ3n) is 3.77. The molecule has 0 amide bonds. The number of rotatable bonds is 2. The van der Waals surface area contributed by atoms with Crippen molar-refractivity contribution in [3.05, 3.63) is 30.1 Å². The Morgan fingerprint density at radius 3 is 2.61 bits per heavy atom. The van der Waals surface area contributed by atoms with E-state index < -0.39 is 24.1 Å². The summed E-state index contributed by atoms with van der Waals surface area (Å²) in [5.74, 6) is -1.80. The highest BCUT2D eigenvalue weighted by Gasteiger charge is 2.47. The van der Waals surface area contributed by atoms with E-state index in [1.807, 2.05) is 0 Å². The van der Waals surface area contributed by atoms with Gasteiger partial charge in [-0.05, 0) is 30.4 Å². The lowest BCUT2D eigenvalue weighted by Gasteiger charge is -2.36. The largest absolute Gasteiger partial charge is 0.392 e. The van der Waals surface area contributed by atoms with Gasteiger partial charge in [0.1, 0.15) is 0 Å². The molecule has 3 atom stereocenters. The molecule has 3 unspecified atom stereocenters. The summed E-state index contributed by atoms with van der Waals surface area (Å²) in [7, 11) is 0. The fourth-order valence-corrected chi connectivity index (χ4v) is 2.82.